The Labute approximate surface area is 268 Å². The quantitative estimate of drug-likeness (QED) is 0.323. The molecule has 1 aliphatic rings. The Balaban J connectivity index is 1.64. The molecule has 1 aliphatic heterocycles. The van der Waals surface area contributed by atoms with Gasteiger partial charge in [-0.3, -0.25) is 14.4 Å². The fourth-order valence-corrected chi connectivity index (χ4v) is 6.60. The molecule has 1 heterocycles. The van der Waals surface area contributed by atoms with Crippen molar-refractivity contribution >= 4 is 21.6 Å². The molecule has 0 unspecified atom stereocenters. The van der Waals surface area contributed by atoms with Crippen molar-refractivity contribution < 1.29 is 27.8 Å². The summed E-state index contributed by atoms with van der Waals surface area (Å²) in [5.74, 6) is -0.0302. The minimum absolute atomic E-state index is 0.0628. The molecular weight excluding hydrogens is 590 g/mol. The van der Waals surface area contributed by atoms with Crippen molar-refractivity contribution in [3.05, 3.63) is 90.0 Å². The lowest BCUT2D eigenvalue weighted by atomic mass is 10.0. The van der Waals surface area contributed by atoms with Crippen LogP contribution in [0.4, 0.5) is 5.69 Å². The van der Waals surface area contributed by atoms with Gasteiger partial charge in [-0.2, -0.15) is 0 Å². The highest BCUT2D eigenvalue weighted by molar-refractivity contribution is 7.92. The van der Waals surface area contributed by atoms with Gasteiger partial charge in [0.1, 0.15) is 5.75 Å². The Morgan fingerprint density at radius 2 is 1.71 bits per heavy atom. The SMILES string of the molecule is C[C@@H]1CN([C@H](C)CO)C(=O)c2cc(NS(=O)(=O)c3ccccc3)ccc2O[C@@H](C)CCCCO[C@H]1CN(C)Cc1ccccc1. The van der Waals surface area contributed by atoms with Gasteiger partial charge in [0.2, 0.25) is 0 Å². The molecule has 4 atom stereocenters. The number of carbonyl (C=O) groups excluding carboxylic acids is 1. The van der Waals surface area contributed by atoms with E-state index in [1.54, 1.807) is 42.2 Å². The van der Waals surface area contributed by atoms with Crippen LogP contribution in [0.15, 0.2) is 83.8 Å². The maximum Gasteiger partial charge on any atom is 0.261 e. The van der Waals surface area contributed by atoms with Crippen molar-refractivity contribution in [1.29, 1.82) is 0 Å². The summed E-state index contributed by atoms with van der Waals surface area (Å²) in [5.41, 5.74) is 1.69. The zero-order chi connectivity index (χ0) is 32.4. The molecule has 0 radical (unpaired) electrons. The first-order valence-electron chi connectivity index (χ1n) is 15.7. The summed E-state index contributed by atoms with van der Waals surface area (Å²) >= 11 is 0. The van der Waals surface area contributed by atoms with Crippen molar-refractivity contribution in [3.8, 4) is 5.75 Å². The first kappa shape index (κ1) is 34.4. The number of amides is 1. The molecular formula is C35H47N3O6S. The summed E-state index contributed by atoms with van der Waals surface area (Å²) in [6, 6.07) is 22.6. The molecule has 9 nitrogen and oxygen atoms in total. The van der Waals surface area contributed by atoms with Gasteiger partial charge in [-0.25, -0.2) is 8.42 Å². The van der Waals surface area contributed by atoms with Crippen LogP contribution in [0.3, 0.4) is 0 Å². The van der Waals surface area contributed by atoms with Gasteiger partial charge >= 0.3 is 0 Å². The number of benzene rings is 3. The summed E-state index contributed by atoms with van der Waals surface area (Å²) in [4.78, 5) is 18.3. The number of sulfonamides is 1. The first-order chi connectivity index (χ1) is 21.6. The zero-order valence-electron chi connectivity index (χ0n) is 26.8. The molecule has 45 heavy (non-hydrogen) atoms. The second-order valence-corrected chi connectivity index (χ2v) is 13.8. The Morgan fingerprint density at radius 1 is 1.02 bits per heavy atom. The van der Waals surface area contributed by atoms with Crippen molar-refractivity contribution in [2.45, 2.75) is 69.7 Å². The molecule has 1 amide bonds. The number of fused-ring (bicyclic) bond motifs is 1. The van der Waals surface area contributed by atoms with E-state index in [0.29, 0.717) is 25.4 Å². The summed E-state index contributed by atoms with van der Waals surface area (Å²) in [5, 5.41) is 10.2. The average Bonchev–Trinajstić information content (AvgIpc) is 3.03. The maximum atomic E-state index is 14.3. The Bertz CT molecular complexity index is 1470. The average molecular weight is 638 g/mol. The van der Waals surface area contributed by atoms with Gasteiger partial charge in [0.25, 0.3) is 15.9 Å². The van der Waals surface area contributed by atoms with E-state index in [0.717, 1.165) is 25.8 Å². The monoisotopic (exact) mass is 637 g/mol. The molecule has 0 saturated heterocycles. The lowest BCUT2D eigenvalue weighted by Crippen LogP contribution is -2.47. The predicted octanol–water partition coefficient (Wildman–Crippen LogP) is 5.41. The highest BCUT2D eigenvalue weighted by atomic mass is 32.2. The third kappa shape index (κ3) is 9.77. The lowest BCUT2D eigenvalue weighted by molar-refractivity contribution is -0.0177. The topological polar surface area (TPSA) is 108 Å². The second kappa shape index (κ2) is 16.2. The molecule has 4 rings (SSSR count). The molecule has 0 bridgehead atoms. The van der Waals surface area contributed by atoms with Crippen molar-refractivity contribution in [2.75, 3.05) is 38.1 Å². The van der Waals surface area contributed by atoms with Crippen LogP contribution in [-0.2, 0) is 21.3 Å². The van der Waals surface area contributed by atoms with Crippen LogP contribution >= 0.6 is 0 Å². The van der Waals surface area contributed by atoms with Gasteiger partial charge in [-0.1, -0.05) is 55.5 Å². The van der Waals surface area contributed by atoms with Gasteiger partial charge in [-0.05, 0) is 76.1 Å². The fraction of sp³-hybridized carbons (Fsp3) is 0.457. The number of ether oxygens (including phenoxy) is 2. The van der Waals surface area contributed by atoms with Crippen molar-refractivity contribution in [2.24, 2.45) is 5.92 Å². The minimum Gasteiger partial charge on any atom is -0.490 e. The number of anilines is 1. The number of hydrogen-bond acceptors (Lipinski definition) is 7. The molecule has 0 aliphatic carbocycles. The van der Waals surface area contributed by atoms with Crippen LogP contribution in [0.25, 0.3) is 0 Å². The summed E-state index contributed by atoms with van der Waals surface area (Å²) < 4.78 is 41.5. The van der Waals surface area contributed by atoms with Gasteiger partial charge in [0, 0.05) is 37.8 Å². The summed E-state index contributed by atoms with van der Waals surface area (Å²) in [6.45, 7) is 7.98. The molecule has 0 aromatic heterocycles. The van der Waals surface area contributed by atoms with E-state index in [2.05, 4.69) is 35.7 Å². The van der Waals surface area contributed by atoms with E-state index in [1.807, 2.05) is 25.1 Å². The summed E-state index contributed by atoms with van der Waals surface area (Å²) in [7, 11) is -1.81. The molecule has 3 aromatic rings. The Kier molecular flexibility index (Phi) is 12.4. The van der Waals surface area contributed by atoms with Gasteiger partial charge < -0.3 is 19.5 Å². The third-order valence-corrected chi connectivity index (χ3v) is 9.54. The number of nitrogens with zero attached hydrogens (tertiary/aromatic N) is 2. The Hall–Kier alpha value is -3.44. The van der Waals surface area contributed by atoms with E-state index in [4.69, 9.17) is 9.47 Å². The highest BCUT2D eigenvalue weighted by Gasteiger charge is 2.30. The molecule has 0 spiro atoms. The van der Waals surface area contributed by atoms with E-state index in [-0.39, 0.29) is 46.8 Å². The number of aliphatic hydroxyl groups is 1. The molecule has 2 N–H and O–H groups in total. The van der Waals surface area contributed by atoms with E-state index < -0.39 is 16.1 Å². The number of hydrogen-bond donors (Lipinski definition) is 2. The number of carbonyl (C=O) groups is 1. The van der Waals surface area contributed by atoms with E-state index in [9.17, 15) is 18.3 Å². The standard InChI is InChI=1S/C35H47N3O6S/c1-26-22-38(27(2)25-39)35(40)32-21-30(36-45(41,42)31-16-9-6-10-17-31)18-19-33(32)44-28(3)13-11-12-20-43-34(26)24-37(4)23-29-14-7-5-8-15-29/h5-10,14-19,21,26-28,34,36,39H,11-13,20,22-25H2,1-4H3/t26-,27-,28+,34+/m1/s1. The minimum atomic E-state index is -3.88. The van der Waals surface area contributed by atoms with Crippen LogP contribution in [0.1, 0.15) is 56.0 Å². The predicted molar refractivity (Wildman–Crippen MR) is 177 cm³/mol. The summed E-state index contributed by atoms with van der Waals surface area (Å²) in [6.07, 6.45) is 2.21. The number of likely N-dealkylation sites (N-methyl/N-ethyl adjacent to an activating group) is 1. The first-order valence-corrected chi connectivity index (χ1v) is 17.2. The van der Waals surface area contributed by atoms with E-state index >= 15 is 0 Å². The van der Waals surface area contributed by atoms with Gasteiger partial charge in [0.15, 0.2) is 0 Å². The van der Waals surface area contributed by atoms with Crippen LogP contribution in [0.5, 0.6) is 5.75 Å². The fourth-order valence-electron chi connectivity index (χ4n) is 5.53. The highest BCUT2D eigenvalue weighted by Crippen LogP contribution is 2.29. The van der Waals surface area contributed by atoms with Crippen LogP contribution < -0.4 is 9.46 Å². The van der Waals surface area contributed by atoms with Crippen LogP contribution in [0.2, 0.25) is 0 Å². The van der Waals surface area contributed by atoms with Crippen molar-refractivity contribution in [3.63, 3.8) is 0 Å². The van der Waals surface area contributed by atoms with Crippen LogP contribution in [0, 0.1) is 5.92 Å². The normalized spacial score (nSPS) is 21.0. The lowest BCUT2D eigenvalue weighted by Gasteiger charge is -2.36. The number of nitrogens with one attached hydrogen (secondary N) is 1. The molecule has 3 aromatic carbocycles. The Morgan fingerprint density at radius 3 is 2.40 bits per heavy atom. The van der Waals surface area contributed by atoms with Gasteiger partial charge in [0.05, 0.1) is 35.3 Å². The number of rotatable bonds is 9. The zero-order valence-corrected chi connectivity index (χ0v) is 27.6. The third-order valence-electron chi connectivity index (χ3n) is 8.14. The second-order valence-electron chi connectivity index (χ2n) is 12.1. The van der Waals surface area contributed by atoms with Crippen LogP contribution in [-0.4, -0.2) is 80.8 Å². The largest absolute Gasteiger partial charge is 0.490 e. The number of aliphatic hydroxyl groups excluding tert-OH is 1. The molecule has 244 valence electrons. The molecule has 0 saturated carbocycles. The molecule has 10 heteroatoms. The smallest absolute Gasteiger partial charge is 0.261 e. The van der Waals surface area contributed by atoms with E-state index in [1.165, 1.54) is 23.8 Å². The maximum absolute atomic E-state index is 14.3. The molecule has 0 fully saturated rings. The van der Waals surface area contributed by atoms with Gasteiger partial charge in [-0.15, -0.1) is 0 Å². The van der Waals surface area contributed by atoms with Crippen molar-refractivity contribution in [1.82, 2.24) is 9.80 Å².